The van der Waals surface area contributed by atoms with E-state index in [4.69, 9.17) is 4.74 Å². The number of nitrogens with zero attached hydrogens (tertiary/aromatic N) is 2. The third kappa shape index (κ3) is 5.28. The van der Waals surface area contributed by atoms with Gasteiger partial charge in [0.25, 0.3) is 0 Å². The van der Waals surface area contributed by atoms with Crippen molar-refractivity contribution in [2.45, 2.75) is 5.41 Å². The third-order valence-corrected chi connectivity index (χ3v) is 13.5. The van der Waals surface area contributed by atoms with Crippen LogP contribution in [0.2, 0.25) is 0 Å². The summed E-state index contributed by atoms with van der Waals surface area (Å²) in [6, 6.07) is 87.8. The zero-order valence-corrected chi connectivity index (χ0v) is 34.9. The first kappa shape index (κ1) is 36.3. The molecular formula is C61H40N2O. The Morgan fingerprint density at radius 3 is 1.59 bits per heavy atom. The van der Waals surface area contributed by atoms with Crippen LogP contribution in [0.15, 0.2) is 243 Å². The molecule has 1 aliphatic heterocycles. The molecule has 0 fully saturated rings. The predicted molar refractivity (Wildman–Crippen MR) is 264 cm³/mol. The van der Waals surface area contributed by atoms with Gasteiger partial charge in [-0.2, -0.15) is 0 Å². The number of anilines is 3. The molecule has 3 heteroatoms. The Morgan fingerprint density at radius 1 is 0.359 bits per heavy atom. The van der Waals surface area contributed by atoms with Crippen LogP contribution in [-0.2, 0) is 5.41 Å². The molecule has 13 rings (SSSR count). The van der Waals surface area contributed by atoms with E-state index in [0.29, 0.717) is 0 Å². The van der Waals surface area contributed by atoms with Gasteiger partial charge in [0, 0.05) is 39.1 Å². The van der Waals surface area contributed by atoms with E-state index in [1.54, 1.807) is 0 Å². The van der Waals surface area contributed by atoms with E-state index in [9.17, 15) is 0 Å². The fraction of sp³-hybridized carbons (Fsp3) is 0.0164. The first-order valence-corrected chi connectivity index (χ1v) is 22.0. The molecule has 0 atom stereocenters. The Bertz CT molecular complexity index is 3520. The summed E-state index contributed by atoms with van der Waals surface area (Å²) in [6.07, 6.45) is 0. The Kier molecular flexibility index (Phi) is 8.13. The summed E-state index contributed by atoms with van der Waals surface area (Å²) in [7, 11) is 0. The molecule has 0 unspecified atom stereocenters. The summed E-state index contributed by atoms with van der Waals surface area (Å²) < 4.78 is 9.58. The Hall–Kier alpha value is -8.40. The quantitative estimate of drug-likeness (QED) is 0.166. The Labute approximate surface area is 372 Å². The lowest BCUT2D eigenvalue weighted by atomic mass is 9.66. The molecule has 1 spiro atoms. The van der Waals surface area contributed by atoms with Gasteiger partial charge in [-0.05, 0) is 99.6 Å². The van der Waals surface area contributed by atoms with Crippen molar-refractivity contribution >= 4 is 38.9 Å². The molecule has 1 aromatic heterocycles. The molecule has 0 N–H and O–H groups in total. The van der Waals surface area contributed by atoms with Crippen molar-refractivity contribution in [1.29, 1.82) is 0 Å². The number of rotatable bonds is 6. The smallest absolute Gasteiger partial charge is 0.142 e. The van der Waals surface area contributed by atoms with E-state index in [0.717, 1.165) is 56.1 Å². The second-order valence-corrected chi connectivity index (χ2v) is 16.8. The molecule has 2 aliphatic rings. The van der Waals surface area contributed by atoms with E-state index in [1.165, 1.54) is 55.6 Å². The van der Waals surface area contributed by atoms with E-state index in [-0.39, 0.29) is 0 Å². The molecule has 64 heavy (non-hydrogen) atoms. The number of fused-ring (bicyclic) bond motifs is 13. The molecular weight excluding hydrogens is 777 g/mol. The average Bonchev–Trinajstić information content (AvgIpc) is 3.87. The molecule has 300 valence electrons. The van der Waals surface area contributed by atoms with Crippen LogP contribution < -0.4 is 9.64 Å². The number of benzene rings is 10. The van der Waals surface area contributed by atoms with Gasteiger partial charge in [-0.15, -0.1) is 0 Å². The highest BCUT2D eigenvalue weighted by Gasteiger charge is 2.51. The molecule has 11 aromatic rings. The van der Waals surface area contributed by atoms with E-state index < -0.39 is 5.41 Å². The van der Waals surface area contributed by atoms with Crippen LogP contribution in [0.4, 0.5) is 17.1 Å². The van der Waals surface area contributed by atoms with E-state index >= 15 is 0 Å². The van der Waals surface area contributed by atoms with Gasteiger partial charge in [-0.25, -0.2) is 0 Å². The van der Waals surface area contributed by atoms with Crippen molar-refractivity contribution in [3.63, 3.8) is 0 Å². The van der Waals surface area contributed by atoms with Gasteiger partial charge in [0.1, 0.15) is 11.5 Å². The van der Waals surface area contributed by atoms with Gasteiger partial charge in [-0.3, -0.25) is 0 Å². The first-order valence-electron chi connectivity index (χ1n) is 22.0. The van der Waals surface area contributed by atoms with Crippen LogP contribution in [0, 0.1) is 0 Å². The van der Waals surface area contributed by atoms with Crippen LogP contribution in [0.5, 0.6) is 11.5 Å². The van der Waals surface area contributed by atoms with Gasteiger partial charge in [0.2, 0.25) is 0 Å². The molecule has 10 aromatic carbocycles. The summed E-state index contributed by atoms with van der Waals surface area (Å²) in [5.41, 5.74) is 18.2. The van der Waals surface area contributed by atoms with Gasteiger partial charge < -0.3 is 14.2 Å². The molecule has 1 aliphatic carbocycles. The standard InChI is InChI=1S/C61H40N2O/c1-3-17-41(18-4-1)42-31-33-44(34-32-42)62(55-28-14-9-21-47(55)43-19-5-2-6-20-43)45-35-37-46(38-36-45)63-56-29-15-10-24-50(56)59-57(63)40-39-54-60(59)64-58-30-16-13-27-53(58)61(54)51-25-11-7-22-48(51)49-23-8-12-26-52(49)61/h1-40H. The number of para-hydroxylation sites is 3. The largest absolute Gasteiger partial charge is 0.456 e. The predicted octanol–water partition coefficient (Wildman–Crippen LogP) is 16.1. The van der Waals surface area contributed by atoms with Crippen molar-refractivity contribution in [3.8, 4) is 50.6 Å². The lowest BCUT2D eigenvalue weighted by Crippen LogP contribution is -2.32. The van der Waals surface area contributed by atoms with Crippen molar-refractivity contribution in [1.82, 2.24) is 4.57 Å². The third-order valence-electron chi connectivity index (χ3n) is 13.5. The topological polar surface area (TPSA) is 17.4 Å². The monoisotopic (exact) mass is 816 g/mol. The Morgan fingerprint density at radius 2 is 0.891 bits per heavy atom. The highest BCUT2D eigenvalue weighted by molar-refractivity contribution is 6.14. The highest BCUT2D eigenvalue weighted by atomic mass is 16.5. The van der Waals surface area contributed by atoms with Gasteiger partial charge in [-0.1, -0.05) is 182 Å². The van der Waals surface area contributed by atoms with Crippen LogP contribution >= 0.6 is 0 Å². The SMILES string of the molecule is c1ccc(-c2ccc(N(c3ccc(-n4c5ccccc5c5c6c(ccc54)C4(c5ccccc5O6)c5ccccc5-c5ccccc54)cc3)c3ccccc3-c3ccccc3)cc2)cc1. The van der Waals surface area contributed by atoms with E-state index in [2.05, 4.69) is 252 Å². The van der Waals surface area contributed by atoms with E-state index in [1.807, 2.05) is 0 Å². The first-order chi connectivity index (χ1) is 31.8. The summed E-state index contributed by atoms with van der Waals surface area (Å²) in [6.45, 7) is 0. The summed E-state index contributed by atoms with van der Waals surface area (Å²) in [4.78, 5) is 2.38. The maximum absolute atomic E-state index is 7.18. The molecule has 0 amide bonds. The minimum absolute atomic E-state index is 0.533. The molecule has 0 bridgehead atoms. The highest BCUT2D eigenvalue weighted by Crippen LogP contribution is 2.63. The molecule has 0 saturated heterocycles. The van der Waals surface area contributed by atoms with Crippen LogP contribution in [-0.4, -0.2) is 4.57 Å². The van der Waals surface area contributed by atoms with Crippen molar-refractivity contribution in [2.24, 2.45) is 0 Å². The van der Waals surface area contributed by atoms with Crippen molar-refractivity contribution in [2.75, 3.05) is 4.90 Å². The fourth-order valence-corrected chi connectivity index (χ4v) is 10.8. The summed E-state index contributed by atoms with van der Waals surface area (Å²) in [5.74, 6) is 1.81. The lowest BCUT2D eigenvalue weighted by Gasteiger charge is -2.39. The fourth-order valence-electron chi connectivity index (χ4n) is 10.8. The van der Waals surface area contributed by atoms with Crippen LogP contribution in [0.25, 0.3) is 60.9 Å². The normalized spacial score (nSPS) is 12.9. The minimum Gasteiger partial charge on any atom is -0.456 e. The summed E-state index contributed by atoms with van der Waals surface area (Å²) in [5, 5.41) is 2.27. The second-order valence-electron chi connectivity index (χ2n) is 16.8. The number of ether oxygens (including phenoxy) is 1. The maximum Gasteiger partial charge on any atom is 0.142 e. The Balaban J connectivity index is 0.993. The zero-order valence-electron chi connectivity index (χ0n) is 34.9. The molecule has 0 radical (unpaired) electrons. The lowest BCUT2D eigenvalue weighted by molar-refractivity contribution is 0.442. The molecule has 0 saturated carbocycles. The average molecular weight is 817 g/mol. The van der Waals surface area contributed by atoms with Gasteiger partial charge in [0.15, 0.2) is 0 Å². The maximum atomic E-state index is 7.18. The van der Waals surface area contributed by atoms with Gasteiger partial charge in [0.05, 0.1) is 27.5 Å². The number of hydrogen-bond donors (Lipinski definition) is 0. The molecule has 3 nitrogen and oxygen atoms in total. The van der Waals surface area contributed by atoms with Crippen molar-refractivity contribution < 1.29 is 4.74 Å². The number of aromatic nitrogens is 1. The van der Waals surface area contributed by atoms with Gasteiger partial charge >= 0.3 is 0 Å². The summed E-state index contributed by atoms with van der Waals surface area (Å²) >= 11 is 0. The van der Waals surface area contributed by atoms with Crippen LogP contribution in [0.1, 0.15) is 22.3 Å². The number of hydrogen-bond acceptors (Lipinski definition) is 2. The minimum atomic E-state index is -0.533. The second kappa shape index (κ2) is 14.3. The zero-order chi connectivity index (χ0) is 42.2. The van der Waals surface area contributed by atoms with Crippen LogP contribution in [0.3, 0.4) is 0 Å². The van der Waals surface area contributed by atoms with Crippen molar-refractivity contribution in [3.05, 3.63) is 265 Å². The molecule has 2 heterocycles.